The first-order valence-electron chi connectivity index (χ1n) is 5.78. The minimum absolute atomic E-state index is 1.15. The molecule has 1 rings (SSSR count). The van der Waals surface area contributed by atoms with Crippen LogP contribution in [-0.2, 0) is 12.8 Å². The van der Waals surface area contributed by atoms with Gasteiger partial charge in [0.1, 0.15) is 0 Å². The molecule has 0 aromatic heterocycles. The molecule has 0 saturated heterocycles. The van der Waals surface area contributed by atoms with Gasteiger partial charge in [-0.1, -0.05) is 32.4 Å². The summed E-state index contributed by atoms with van der Waals surface area (Å²) in [7, 11) is 0. The van der Waals surface area contributed by atoms with Crippen LogP contribution in [0.4, 0.5) is 0 Å². The van der Waals surface area contributed by atoms with Crippen LogP contribution in [0, 0.1) is 13.8 Å². The summed E-state index contributed by atoms with van der Waals surface area (Å²) in [5.74, 6) is 0. The zero-order valence-corrected chi connectivity index (χ0v) is 9.98. The summed E-state index contributed by atoms with van der Waals surface area (Å²) < 4.78 is 0. The van der Waals surface area contributed by atoms with Crippen LogP contribution < -0.4 is 0 Å². The maximum absolute atomic E-state index is 2.32. The molecule has 0 N–H and O–H groups in total. The van der Waals surface area contributed by atoms with E-state index in [9.17, 15) is 0 Å². The van der Waals surface area contributed by atoms with Crippen molar-refractivity contribution < 1.29 is 0 Å². The monoisotopic (exact) mass is 190 g/mol. The lowest BCUT2D eigenvalue weighted by Gasteiger charge is -2.12. The van der Waals surface area contributed by atoms with Gasteiger partial charge in [0.25, 0.3) is 0 Å². The summed E-state index contributed by atoms with van der Waals surface area (Å²) in [5.41, 5.74) is 6.06. The van der Waals surface area contributed by atoms with Crippen molar-refractivity contribution in [2.24, 2.45) is 0 Å². The van der Waals surface area contributed by atoms with Crippen molar-refractivity contribution in [1.29, 1.82) is 0 Å². The average molecular weight is 190 g/mol. The smallest absolute Gasteiger partial charge is 0.0276 e. The molecule has 0 fully saturated rings. The molecule has 0 bridgehead atoms. The first kappa shape index (κ1) is 11.3. The van der Waals surface area contributed by atoms with E-state index in [0.29, 0.717) is 0 Å². The molecule has 1 aromatic carbocycles. The lowest BCUT2D eigenvalue weighted by atomic mass is 9.94. The van der Waals surface area contributed by atoms with Gasteiger partial charge in [0.05, 0.1) is 0 Å². The van der Waals surface area contributed by atoms with Crippen LogP contribution in [0.25, 0.3) is 0 Å². The number of hydrogen-bond donors (Lipinski definition) is 0. The number of hydrogen-bond acceptors (Lipinski definition) is 0. The highest BCUT2D eigenvalue weighted by Gasteiger charge is 2.04. The second-order valence-electron chi connectivity index (χ2n) is 4.09. The van der Waals surface area contributed by atoms with E-state index < -0.39 is 0 Å². The lowest BCUT2D eigenvalue weighted by molar-refractivity contribution is 0.789. The lowest BCUT2D eigenvalue weighted by Crippen LogP contribution is -1.96. The van der Waals surface area contributed by atoms with Crippen LogP contribution in [0.15, 0.2) is 12.1 Å². The average Bonchev–Trinajstić information content (AvgIpc) is 2.20. The second kappa shape index (κ2) is 5.19. The Morgan fingerprint density at radius 1 is 0.929 bits per heavy atom. The van der Waals surface area contributed by atoms with Gasteiger partial charge in [0.15, 0.2) is 0 Å². The molecule has 1 aromatic rings. The minimum atomic E-state index is 1.15. The predicted molar refractivity (Wildman–Crippen MR) is 63.9 cm³/mol. The Hall–Kier alpha value is -0.780. The molecule has 0 amide bonds. The zero-order chi connectivity index (χ0) is 10.6. The number of rotatable bonds is 4. The van der Waals surface area contributed by atoms with E-state index in [1.165, 1.54) is 36.0 Å². The molecule has 0 aliphatic rings. The largest absolute Gasteiger partial charge is 0.0654 e. The zero-order valence-electron chi connectivity index (χ0n) is 9.98. The maximum atomic E-state index is 2.32. The van der Waals surface area contributed by atoms with Crippen LogP contribution in [-0.4, -0.2) is 0 Å². The predicted octanol–water partition coefficient (Wildman–Crippen LogP) is 4.21. The minimum Gasteiger partial charge on any atom is -0.0654 e. The summed E-state index contributed by atoms with van der Waals surface area (Å²) in [5, 5.41) is 0. The van der Waals surface area contributed by atoms with Crippen molar-refractivity contribution in [3.63, 3.8) is 0 Å². The standard InChI is InChI=1S/C14H22/c1-5-7-8-14-10-9-13(6-2)11(3)12(14)4/h9-10H,5-8H2,1-4H3. The summed E-state index contributed by atoms with van der Waals surface area (Å²) in [6.45, 7) is 9.00. The van der Waals surface area contributed by atoms with Gasteiger partial charge in [-0.15, -0.1) is 0 Å². The highest BCUT2D eigenvalue weighted by atomic mass is 14.1. The third-order valence-electron chi connectivity index (χ3n) is 3.19. The molecule has 0 saturated carbocycles. The van der Waals surface area contributed by atoms with Gasteiger partial charge in [-0.3, -0.25) is 0 Å². The molecular weight excluding hydrogens is 168 g/mol. The SMILES string of the molecule is CCCCc1ccc(CC)c(C)c1C. The number of aryl methyl sites for hydroxylation is 2. The van der Waals surface area contributed by atoms with Gasteiger partial charge in [-0.05, 0) is 55.4 Å². The van der Waals surface area contributed by atoms with Crippen molar-refractivity contribution in [2.45, 2.75) is 53.4 Å². The van der Waals surface area contributed by atoms with Crippen LogP contribution in [0.5, 0.6) is 0 Å². The maximum Gasteiger partial charge on any atom is -0.0276 e. The third-order valence-corrected chi connectivity index (χ3v) is 3.19. The molecule has 0 heteroatoms. The highest BCUT2D eigenvalue weighted by Crippen LogP contribution is 2.19. The summed E-state index contributed by atoms with van der Waals surface area (Å²) in [4.78, 5) is 0. The van der Waals surface area contributed by atoms with Gasteiger partial charge in [-0.2, -0.15) is 0 Å². The van der Waals surface area contributed by atoms with Gasteiger partial charge in [0.2, 0.25) is 0 Å². The molecule has 0 spiro atoms. The van der Waals surface area contributed by atoms with Gasteiger partial charge in [-0.25, -0.2) is 0 Å². The quantitative estimate of drug-likeness (QED) is 0.667. The number of benzene rings is 1. The normalized spacial score (nSPS) is 10.6. The molecule has 14 heavy (non-hydrogen) atoms. The summed E-state index contributed by atoms with van der Waals surface area (Å²) in [6, 6.07) is 4.62. The molecule has 0 aliphatic heterocycles. The Kier molecular flexibility index (Phi) is 4.19. The molecular formula is C14H22. The fourth-order valence-corrected chi connectivity index (χ4v) is 1.95. The molecule has 78 valence electrons. The molecule has 0 heterocycles. The van der Waals surface area contributed by atoms with Crippen molar-refractivity contribution >= 4 is 0 Å². The molecule has 0 atom stereocenters. The van der Waals surface area contributed by atoms with Crippen molar-refractivity contribution in [2.75, 3.05) is 0 Å². The van der Waals surface area contributed by atoms with Crippen LogP contribution in [0.3, 0.4) is 0 Å². The van der Waals surface area contributed by atoms with Crippen LogP contribution in [0.1, 0.15) is 48.9 Å². The Morgan fingerprint density at radius 3 is 2.07 bits per heavy atom. The van der Waals surface area contributed by atoms with E-state index in [-0.39, 0.29) is 0 Å². The Labute approximate surface area is 88.4 Å². The summed E-state index contributed by atoms with van der Waals surface area (Å²) in [6.07, 6.45) is 4.99. The second-order valence-corrected chi connectivity index (χ2v) is 4.09. The molecule has 0 nitrogen and oxygen atoms in total. The Morgan fingerprint density at radius 2 is 1.50 bits per heavy atom. The van der Waals surface area contributed by atoms with E-state index >= 15 is 0 Å². The Bertz CT molecular complexity index is 297. The topological polar surface area (TPSA) is 0 Å². The fourth-order valence-electron chi connectivity index (χ4n) is 1.95. The summed E-state index contributed by atoms with van der Waals surface area (Å²) >= 11 is 0. The van der Waals surface area contributed by atoms with E-state index in [0.717, 1.165) is 6.42 Å². The van der Waals surface area contributed by atoms with E-state index in [1.807, 2.05) is 0 Å². The van der Waals surface area contributed by atoms with Crippen LogP contribution >= 0.6 is 0 Å². The van der Waals surface area contributed by atoms with Gasteiger partial charge < -0.3 is 0 Å². The Balaban J connectivity index is 2.92. The van der Waals surface area contributed by atoms with Crippen molar-refractivity contribution in [3.8, 4) is 0 Å². The van der Waals surface area contributed by atoms with E-state index in [1.54, 1.807) is 5.56 Å². The first-order valence-corrected chi connectivity index (χ1v) is 5.78. The van der Waals surface area contributed by atoms with Crippen LogP contribution in [0.2, 0.25) is 0 Å². The van der Waals surface area contributed by atoms with E-state index in [4.69, 9.17) is 0 Å². The third kappa shape index (κ3) is 2.37. The first-order chi connectivity index (χ1) is 6.70. The molecule has 0 radical (unpaired) electrons. The van der Waals surface area contributed by atoms with Gasteiger partial charge >= 0.3 is 0 Å². The molecule has 0 unspecified atom stereocenters. The van der Waals surface area contributed by atoms with Crippen molar-refractivity contribution in [3.05, 3.63) is 34.4 Å². The number of unbranched alkanes of at least 4 members (excludes halogenated alkanes) is 1. The highest BCUT2D eigenvalue weighted by molar-refractivity contribution is 5.39. The fraction of sp³-hybridized carbons (Fsp3) is 0.571. The van der Waals surface area contributed by atoms with Crippen molar-refractivity contribution in [1.82, 2.24) is 0 Å². The van der Waals surface area contributed by atoms with Gasteiger partial charge in [0, 0.05) is 0 Å². The molecule has 0 aliphatic carbocycles. The van der Waals surface area contributed by atoms with E-state index in [2.05, 4.69) is 39.8 Å².